The van der Waals surface area contributed by atoms with E-state index in [1.54, 1.807) is 24.1 Å². The van der Waals surface area contributed by atoms with Gasteiger partial charge in [0.15, 0.2) is 5.82 Å². The molecule has 5 nitrogen and oxygen atoms in total. The number of aromatic nitrogens is 2. The first-order valence-electron chi connectivity index (χ1n) is 10.2. The molecule has 168 valence electrons. The molecule has 0 bridgehead atoms. The molecule has 0 spiro atoms. The third kappa shape index (κ3) is 4.80. The highest BCUT2D eigenvalue weighted by Crippen LogP contribution is 2.36. The minimum atomic E-state index is -0.824. The van der Waals surface area contributed by atoms with E-state index >= 15 is 0 Å². The lowest BCUT2D eigenvalue weighted by Crippen LogP contribution is -2.30. The molecular formula is C24H24BrF2N3O2. The summed E-state index contributed by atoms with van der Waals surface area (Å²) < 4.78 is 34.1. The molecule has 1 aromatic heterocycles. The molecule has 32 heavy (non-hydrogen) atoms. The topological polar surface area (TPSA) is 55.3 Å². The first-order chi connectivity index (χ1) is 15.4. The minimum Gasteiger partial charge on any atom is -0.497 e. The molecular weight excluding hydrogens is 480 g/mol. The van der Waals surface area contributed by atoms with Crippen LogP contribution >= 0.6 is 15.9 Å². The zero-order valence-corrected chi connectivity index (χ0v) is 19.7. The number of benzene rings is 2. The van der Waals surface area contributed by atoms with Crippen LogP contribution in [-0.4, -0.2) is 23.4 Å². The number of aldehydes is 1. The second kappa shape index (κ2) is 10.2. The van der Waals surface area contributed by atoms with E-state index in [4.69, 9.17) is 9.72 Å². The molecule has 0 radical (unpaired) electrons. The fourth-order valence-corrected chi connectivity index (χ4v) is 4.11. The van der Waals surface area contributed by atoms with E-state index in [0.717, 1.165) is 17.9 Å². The molecule has 0 saturated heterocycles. The summed E-state index contributed by atoms with van der Waals surface area (Å²) in [5, 5.41) is 0. The predicted molar refractivity (Wildman–Crippen MR) is 123 cm³/mol. The van der Waals surface area contributed by atoms with Crippen molar-refractivity contribution in [1.82, 2.24) is 9.97 Å². The summed E-state index contributed by atoms with van der Waals surface area (Å²) >= 11 is 3.41. The maximum Gasteiger partial charge on any atom is 0.152 e. The molecule has 0 fully saturated rings. The van der Waals surface area contributed by atoms with Crippen molar-refractivity contribution in [2.24, 2.45) is 0 Å². The fraction of sp³-hybridized carbons (Fsp3) is 0.292. The van der Waals surface area contributed by atoms with Crippen LogP contribution in [0, 0.1) is 11.6 Å². The first-order valence-corrected chi connectivity index (χ1v) is 11.0. The van der Waals surface area contributed by atoms with Crippen molar-refractivity contribution in [3.8, 4) is 5.75 Å². The van der Waals surface area contributed by atoms with Gasteiger partial charge in [0.05, 0.1) is 30.1 Å². The molecule has 0 N–H and O–H groups in total. The average molecular weight is 504 g/mol. The van der Waals surface area contributed by atoms with Crippen molar-refractivity contribution in [1.29, 1.82) is 0 Å². The highest BCUT2D eigenvalue weighted by atomic mass is 79.9. The summed E-state index contributed by atoms with van der Waals surface area (Å²) in [4.78, 5) is 22.7. The number of halogens is 3. The van der Waals surface area contributed by atoms with Crippen LogP contribution < -0.4 is 9.64 Å². The molecule has 3 rings (SSSR count). The molecule has 0 aliphatic carbocycles. The Morgan fingerprint density at radius 2 is 1.81 bits per heavy atom. The Bertz CT molecular complexity index is 1090. The van der Waals surface area contributed by atoms with E-state index in [0.29, 0.717) is 34.7 Å². The Morgan fingerprint density at radius 1 is 1.12 bits per heavy atom. The van der Waals surface area contributed by atoms with E-state index in [-0.39, 0.29) is 12.2 Å². The Labute approximate surface area is 194 Å². The third-order valence-corrected chi connectivity index (χ3v) is 6.23. The molecule has 0 atom stereocenters. The molecule has 8 heteroatoms. The number of anilines is 2. The van der Waals surface area contributed by atoms with Crippen molar-refractivity contribution < 1.29 is 18.3 Å². The zero-order chi connectivity index (χ0) is 23.3. The maximum atomic E-state index is 14.8. The van der Waals surface area contributed by atoms with Crippen LogP contribution in [0.5, 0.6) is 5.75 Å². The summed E-state index contributed by atoms with van der Waals surface area (Å²) in [6.45, 7) is 4.07. The molecule has 0 aliphatic rings. The maximum absolute atomic E-state index is 14.8. The van der Waals surface area contributed by atoms with Gasteiger partial charge in [-0.05, 0) is 58.6 Å². The molecule has 1 heterocycles. The van der Waals surface area contributed by atoms with Gasteiger partial charge < -0.3 is 14.4 Å². The largest absolute Gasteiger partial charge is 0.497 e. The van der Waals surface area contributed by atoms with E-state index in [9.17, 15) is 13.6 Å². The zero-order valence-electron chi connectivity index (χ0n) is 18.1. The Hall–Kier alpha value is -2.87. The summed E-state index contributed by atoms with van der Waals surface area (Å²) in [6, 6.07) is 10.7. The number of hydrogen-bond donors (Lipinski definition) is 0. The standard InChI is InChI=1S/C24H24BrF2N3O2/c1-4-24(5-2,15-31)22-23(25)28-13-21(29-22)30(20-11-8-17(26)12-19(20)27)14-16-6-9-18(32-3)10-7-16/h6-13,15H,4-5,14H2,1-3H3. The number of hydrogen-bond acceptors (Lipinski definition) is 5. The van der Waals surface area contributed by atoms with Crippen LogP contribution in [0.15, 0.2) is 53.3 Å². The second-order valence-corrected chi connectivity index (χ2v) is 8.13. The van der Waals surface area contributed by atoms with Gasteiger partial charge in [0.2, 0.25) is 0 Å². The predicted octanol–water partition coefficient (Wildman–Crippen LogP) is 6.12. The van der Waals surface area contributed by atoms with Crippen LogP contribution in [0.2, 0.25) is 0 Å². The van der Waals surface area contributed by atoms with E-state index in [2.05, 4.69) is 20.9 Å². The SMILES string of the molecule is CCC(C=O)(CC)c1nc(N(Cc2ccc(OC)cc2)c2ccc(F)cc2F)cnc1Br. The van der Waals surface area contributed by atoms with Gasteiger partial charge in [0.25, 0.3) is 0 Å². The van der Waals surface area contributed by atoms with Crippen LogP contribution in [-0.2, 0) is 16.8 Å². The molecule has 3 aromatic rings. The lowest BCUT2D eigenvalue weighted by molar-refractivity contribution is -0.113. The lowest BCUT2D eigenvalue weighted by Gasteiger charge is -2.29. The van der Waals surface area contributed by atoms with E-state index < -0.39 is 17.0 Å². The Kier molecular flexibility index (Phi) is 7.56. The summed E-state index contributed by atoms with van der Waals surface area (Å²) in [5.74, 6) is -0.356. The Morgan fingerprint density at radius 3 is 2.38 bits per heavy atom. The van der Waals surface area contributed by atoms with Crippen molar-refractivity contribution in [3.05, 3.63) is 76.2 Å². The normalized spacial score (nSPS) is 11.3. The molecule has 0 saturated carbocycles. The van der Waals surface area contributed by atoms with E-state index in [1.165, 1.54) is 18.3 Å². The number of carbonyl (C=O) groups is 1. The average Bonchev–Trinajstić information content (AvgIpc) is 2.81. The van der Waals surface area contributed by atoms with Crippen molar-refractivity contribution in [2.45, 2.75) is 38.6 Å². The van der Waals surface area contributed by atoms with Crippen molar-refractivity contribution in [3.63, 3.8) is 0 Å². The second-order valence-electron chi connectivity index (χ2n) is 7.38. The van der Waals surface area contributed by atoms with Crippen LogP contribution in [0.3, 0.4) is 0 Å². The molecule has 0 amide bonds. The number of ether oxygens (including phenoxy) is 1. The van der Waals surface area contributed by atoms with Gasteiger partial charge in [0.1, 0.15) is 28.3 Å². The first kappa shape index (κ1) is 23.8. The summed E-state index contributed by atoms with van der Waals surface area (Å²) in [5.41, 5.74) is 0.662. The number of methoxy groups -OCH3 is 1. The molecule has 0 aliphatic heterocycles. The van der Waals surface area contributed by atoms with Crippen molar-refractivity contribution in [2.75, 3.05) is 12.0 Å². The van der Waals surface area contributed by atoms with Crippen LogP contribution in [0.1, 0.15) is 37.9 Å². The van der Waals surface area contributed by atoms with Gasteiger partial charge in [-0.25, -0.2) is 18.7 Å². The summed E-state index contributed by atoms with van der Waals surface area (Å²) in [6.07, 6.45) is 3.46. The smallest absolute Gasteiger partial charge is 0.152 e. The van der Waals surface area contributed by atoms with Gasteiger partial charge >= 0.3 is 0 Å². The van der Waals surface area contributed by atoms with Crippen LogP contribution in [0.25, 0.3) is 0 Å². The quantitative estimate of drug-likeness (QED) is 0.329. The van der Waals surface area contributed by atoms with E-state index in [1.807, 2.05) is 26.0 Å². The van der Waals surface area contributed by atoms with Crippen LogP contribution in [0.4, 0.5) is 20.3 Å². The number of rotatable bonds is 9. The van der Waals surface area contributed by atoms with Gasteiger partial charge in [-0.3, -0.25) is 0 Å². The van der Waals surface area contributed by atoms with Gasteiger partial charge in [-0.15, -0.1) is 0 Å². The highest BCUT2D eigenvalue weighted by Gasteiger charge is 2.33. The number of carbonyl (C=O) groups excluding carboxylic acids is 1. The van der Waals surface area contributed by atoms with Gasteiger partial charge in [0, 0.05) is 12.6 Å². The monoisotopic (exact) mass is 503 g/mol. The fourth-order valence-electron chi connectivity index (χ4n) is 3.52. The minimum absolute atomic E-state index is 0.148. The van der Waals surface area contributed by atoms with Gasteiger partial charge in [-0.1, -0.05) is 26.0 Å². The molecule has 0 unspecified atom stereocenters. The Balaban J connectivity index is 2.14. The lowest BCUT2D eigenvalue weighted by atomic mass is 9.81. The summed E-state index contributed by atoms with van der Waals surface area (Å²) in [7, 11) is 1.58. The highest BCUT2D eigenvalue weighted by molar-refractivity contribution is 9.10. The molecule has 2 aromatic carbocycles. The third-order valence-electron chi connectivity index (χ3n) is 5.65. The van der Waals surface area contributed by atoms with Crippen molar-refractivity contribution >= 4 is 33.7 Å². The van der Waals surface area contributed by atoms with Gasteiger partial charge in [-0.2, -0.15) is 0 Å². The number of nitrogens with zero attached hydrogens (tertiary/aromatic N) is 3.